The Labute approximate surface area is 123 Å². The van der Waals surface area contributed by atoms with Gasteiger partial charge in [0.25, 0.3) is 0 Å². The van der Waals surface area contributed by atoms with Crippen molar-refractivity contribution in [1.82, 2.24) is 0 Å². The van der Waals surface area contributed by atoms with Gasteiger partial charge in [0.2, 0.25) is 0 Å². The van der Waals surface area contributed by atoms with Gasteiger partial charge in [0.05, 0.1) is 10.6 Å². The third kappa shape index (κ3) is 4.38. The topological polar surface area (TPSA) is 34.1 Å². The maximum absolute atomic E-state index is 12.1. The Morgan fingerprint density at radius 2 is 1.90 bits per heavy atom. The highest BCUT2D eigenvalue weighted by molar-refractivity contribution is 7.91. The molecule has 1 rings (SSSR count). The van der Waals surface area contributed by atoms with Gasteiger partial charge < -0.3 is 0 Å². The normalized spacial score (nSPS) is 14.2. The first-order valence-corrected chi connectivity index (χ1v) is 8.88. The summed E-state index contributed by atoms with van der Waals surface area (Å²) in [6, 6.07) is 7.30. The molecule has 3 heteroatoms. The van der Waals surface area contributed by atoms with Crippen molar-refractivity contribution < 1.29 is 8.42 Å². The Morgan fingerprint density at radius 3 is 2.50 bits per heavy atom. The molecule has 0 aliphatic heterocycles. The first-order valence-electron chi connectivity index (χ1n) is 7.23. The molecule has 0 amide bonds. The van der Waals surface area contributed by atoms with Crippen molar-refractivity contribution in [2.45, 2.75) is 51.3 Å². The van der Waals surface area contributed by atoms with Gasteiger partial charge in [-0.1, -0.05) is 45.7 Å². The van der Waals surface area contributed by atoms with Gasteiger partial charge in [-0.2, -0.15) is 0 Å². The van der Waals surface area contributed by atoms with Gasteiger partial charge in [-0.05, 0) is 30.0 Å². The van der Waals surface area contributed by atoms with Crippen LogP contribution in [0.5, 0.6) is 0 Å². The Kier molecular flexibility index (Phi) is 6.29. The lowest BCUT2D eigenvalue weighted by molar-refractivity contribution is 0.591. The highest BCUT2D eigenvalue weighted by Crippen LogP contribution is 2.26. The second-order valence-corrected chi connectivity index (χ2v) is 7.25. The summed E-state index contributed by atoms with van der Waals surface area (Å²) in [5.41, 5.74) is 1.04. The molecule has 0 aromatic heterocycles. The second kappa shape index (κ2) is 7.50. The summed E-state index contributed by atoms with van der Waals surface area (Å²) in [4.78, 5) is 0.430. The Morgan fingerprint density at radius 1 is 1.20 bits per heavy atom. The van der Waals surface area contributed by atoms with Crippen LogP contribution in [0.25, 0.3) is 0 Å². The molecule has 2 unspecified atom stereocenters. The van der Waals surface area contributed by atoms with Crippen LogP contribution in [0.1, 0.15) is 52.0 Å². The summed E-state index contributed by atoms with van der Waals surface area (Å²) < 4.78 is 24.2. The average molecular weight is 292 g/mol. The second-order valence-electron chi connectivity index (χ2n) is 5.14. The van der Waals surface area contributed by atoms with Crippen LogP contribution in [0.15, 0.2) is 29.2 Å². The maximum atomic E-state index is 12.1. The number of benzene rings is 1. The van der Waals surface area contributed by atoms with Crippen molar-refractivity contribution in [2.24, 2.45) is 5.92 Å². The summed E-state index contributed by atoms with van der Waals surface area (Å²) >= 11 is 0. The zero-order chi connectivity index (χ0) is 15.2. The standard InChI is InChI=1S/C17H24O2S/c1-5-7-9-14(3)15(4)16-10-8-11-17(13-16)20(18,19)12-6-2/h8,10-11,13-15H,5-6,12H2,1-4H3. The van der Waals surface area contributed by atoms with Gasteiger partial charge in [-0.3, -0.25) is 0 Å². The molecule has 20 heavy (non-hydrogen) atoms. The summed E-state index contributed by atoms with van der Waals surface area (Å²) in [6.07, 6.45) is 1.49. The molecule has 0 spiro atoms. The molecule has 0 fully saturated rings. The largest absolute Gasteiger partial charge is 0.224 e. The molecule has 1 aromatic carbocycles. The van der Waals surface area contributed by atoms with E-state index < -0.39 is 9.84 Å². The fraction of sp³-hybridized carbons (Fsp3) is 0.529. The third-order valence-corrected chi connectivity index (χ3v) is 5.39. The van der Waals surface area contributed by atoms with E-state index in [0.717, 1.165) is 12.0 Å². The molecule has 0 N–H and O–H groups in total. The fourth-order valence-electron chi connectivity index (χ4n) is 2.05. The minimum absolute atomic E-state index is 0.204. The van der Waals surface area contributed by atoms with E-state index in [1.54, 1.807) is 12.1 Å². The number of hydrogen-bond acceptors (Lipinski definition) is 2. The molecule has 2 nitrogen and oxygen atoms in total. The quantitative estimate of drug-likeness (QED) is 0.768. The lowest BCUT2D eigenvalue weighted by Gasteiger charge is -2.16. The van der Waals surface area contributed by atoms with Gasteiger partial charge in [0, 0.05) is 12.3 Å². The van der Waals surface area contributed by atoms with Gasteiger partial charge in [-0.15, -0.1) is 5.92 Å². The molecule has 0 bridgehead atoms. The minimum atomic E-state index is -3.15. The van der Waals surface area contributed by atoms with Crippen LogP contribution in [0, 0.1) is 17.8 Å². The number of sulfone groups is 1. The SMILES string of the molecule is CCC#CC(C)C(C)c1cccc(S(=O)(=O)CCC)c1. The van der Waals surface area contributed by atoms with Crippen molar-refractivity contribution in [2.75, 3.05) is 5.75 Å². The van der Waals surface area contributed by atoms with Crippen LogP contribution >= 0.6 is 0 Å². The summed E-state index contributed by atoms with van der Waals surface area (Å²) in [5.74, 6) is 6.96. The van der Waals surface area contributed by atoms with Crippen LogP contribution in [0.2, 0.25) is 0 Å². The van der Waals surface area contributed by atoms with Gasteiger partial charge in [0.15, 0.2) is 9.84 Å². The molecule has 0 aliphatic carbocycles. The summed E-state index contributed by atoms with van der Waals surface area (Å²) in [6.45, 7) is 8.09. The number of rotatable bonds is 5. The van der Waals surface area contributed by atoms with Crippen molar-refractivity contribution in [3.05, 3.63) is 29.8 Å². The molecule has 0 radical (unpaired) electrons. The van der Waals surface area contributed by atoms with Gasteiger partial charge in [0.1, 0.15) is 0 Å². The fourth-order valence-corrected chi connectivity index (χ4v) is 3.43. The van der Waals surface area contributed by atoms with Crippen LogP contribution in [-0.2, 0) is 9.84 Å². The predicted molar refractivity (Wildman–Crippen MR) is 84.4 cm³/mol. The zero-order valence-corrected chi connectivity index (χ0v) is 13.6. The van der Waals surface area contributed by atoms with E-state index >= 15 is 0 Å². The van der Waals surface area contributed by atoms with Gasteiger partial charge >= 0.3 is 0 Å². The van der Waals surface area contributed by atoms with Crippen molar-refractivity contribution in [3.63, 3.8) is 0 Å². The van der Waals surface area contributed by atoms with Crippen LogP contribution in [0.4, 0.5) is 0 Å². The average Bonchev–Trinajstić information content (AvgIpc) is 2.44. The molecule has 2 atom stereocenters. The molecule has 110 valence electrons. The van der Waals surface area contributed by atoms with Crippen molar-refractivity contribution in [3.8, 4) is 11.8 Å². The predicted octanol–water partition coefficient (Wildman–Crippen LogP) is 4.02. The van der Waals surface area contributed by atoms with Gasteiger partial charge in [-0.25, -0.2) is 8.42 Å². The van der Waals surface area contributed by atoms with Crippen molar-refractivity contribution in [1.29, 1.82) is 0 Å². The van der Waals surface area contributed by atoms with E-state index in [2.05, 4.69) is 25.7 Å². The Balaban J connectivity index is 3.04. The van der Waals surface area contributed by atoms with Crippen LogP contribution < -0.4 is 0 Å². The van der Waals surface area contributed by atoms with Crippen LogP contribution in [-0.4, -0.2) is 14.2 Å². The van der Waals surface area contributed by atoms with E-state index in [1.165, 1.54) is 0 Å². The molecular weight excluding hydrogens is 268 g/mol. The number of hydrogen-bond donors (Lipinski definition) is 0. The Hall–Kier alpha value is -1.27. The minimum Gasteiger partial charge on any atom is -0.224 e. The molecular formula is C17H24O2S. The first kappa shape index (κ1) is 16.8. The monoisotopic (exact) mass is 292 g/mol. The molecule has 0 aliphatic rings. The first-order chi connectivity index (χ1) is 9.42. The lowest BCUT2D eigenvalue weighted by Crippen LogP contribution is -2.09. The van der Waals surface area contributed by atoms with Crippen LogP contribution in [0.3, 0.4) is 0 Å². The Bertz CT molecular complexity index is 591. The van der Waals surface area contributed by atoms with E-state index in [4.69, 9.17) is 0 Å². The molecule has 1 aromatic rings. The van der Waals surface area contributed by atoms with E-state index in [9.17, 15) is 8.42 Å². The van der Waals surface area contributed by atoms with E-state index in [0.29, 0.717) is 11.3 Å². The maximum Gasteiger partial charge on any atom is 0.178 e. The van der Waals surface area contributed by atoms with E-state index in [1.807, 2.05) is 26.0 Å². The molecule has 0 saturated heterocycles. The van der Waals surface area contributed by atoms with E-state index in [-0.39, 0.29) is 17.6 Å². The molecule has 0 heterocycles. The highest BCUT2D eigenvalue weighted by Gasteiger charge is 2.17. The molecule has 0 saturated carbocycles. The lowest BCUT2D eigenvalue weighted by atomic mass is 9.89. The zero-order valence-electron chi connectivity index (χ0n) is 12.8. The van der Waals surface area contributed by atoms with Crippen molar-refractivity contribution >= 4 is 9.84 Å². The smallest absolute Gasteiger partial charge is 0.178 e. The summed E-state index contributed by atoms with van der Waals surface area (Å²) in [5, 5.41) is 0. The summed E-state index contributed by atoms with van der Waals surface area (Å²) in [7, 11) is -3.15. The highest BCUT2D eigenvalue weighted by atomic mass is 32.2. The third-order valence-electron chi connectivity index (χ3n) is 3.47.